The summed E-state index contributed by atoms with van der Waals surface area (Å²) in [5, 5.41) is 0. The number of carbonyl (C=O) groups excluding carboxylic acids is 3. The van der Waals surface area contributed by atoms with Crippen LogP contribution in [0.15, 0.2) is 12.1 Å². The Hall–Kier alpha value is -2.11. The molecule has 1 heterocycles. The number of nitrogens with zero attached hydrogens (tertiary/aromatic N) is 1. The number of aldehydes is 1. The van der Waals surface area contributed by atoms with Gasteiger partial charge in [0.25, 0.3) is 11.7 Å². The quantitative estimate of drug-likeness (QED) is 0.586. The van der Waals surface area contributed by atoms with Crippen LogP contribution in [0.25, 0.3) is 0 Å². The third-order valence-electron chi connectivity index (χ3n) is 2.48. The molecule has 0 saturated heterocycles. The fourth-order valence-corrected chi connectivity index (χ4v) is 1.75. The van der Waals surface area contributed by atoms with E-state index >= 15 is 0 Å². The second kappa shape index (κ2) is 4.04. The fourth-order valence-electron chi connectivity index (χ4n) is 1.75. The Morgan fingerprint density at radius 3 is 2.47 bits per heavy atom. The normalized spacial score (nSPS) is 14.1. The Balaban J connectivity index is 2.55. The predicted molar refractivity (Wildman–Crippen MR) is 53.7 cm³/mol. The highest BCUT2D eigenvalue weighted by Crippen LogP contribution is 2.33. The number of Topliss-reactive ketones (excluding diaryl/α,β-unsaturated/α-hetero) is 1. The lowest BCUT2D eigenvalue weighted by molar-refractivity contribution is -0.114. The van der Waals surface area contributed by atoms with E-state index in [0.717, 1.165) is 17.0 Å². The monoisotopic (exact) mass is 239 g/mol. The van der Waals surface area contributed by atoms with Gasteiger partial charge in [-0.2, -0.15) is 0 Å². The van der Waals surface area contributed by atoms with E-state index in [2.05, 4.69) is 0 Å². The molecular weight excluding hydrogens is 232 g/mol. The van der Waals surface area contributed by atoms with Crippen LogP contribution >= 0.6 is 0 Å². The summed E-state index contributed by atoms with van der Waals surface area (Å²) < 4.78 is 26.8. The molecule has 0 saturated carbocycles. The van der Waals surface area contributed by atoms with Crippen LogP contribution in [0.4, 0.5) is 14.5 Å². The third-order valence-corrected chi connectivity index (χ3v) is 2.48. The predicted octanol–water partition coefficient (Wildman–Crippen LogP) is 1.08. The SMILES string of the molecule is O=CCCN1C(=O)C(=O)c2c(F)ccc(F)c21. The van der Waals surface area contributed by atoms with E-state index in [-0.39, 0.29) is 18.7 Å². The molecule has 0 unspecified atom stereocenters. The van der Waals surface area contributed by atoms with Crippen molar-refractivity contribution in [2.75, 3.05) is 11.4 Å². The maximum atomic E-state index is 13.5. The smallest absolute Gasteiger partial charge is 0.299 e. The maximum absolute atomic E-state index is 13.5. The molecule has 0 radical (unpaired) electrons. The van der Waals surface area contributed by atoms with Crippen LogP contribution in [0.3, 0.4) is 0 Å². The second-order valence-electron chi connectivity index (χ2n) is 3.49. The van der Waals surface area contributed by atoms with Gasteiger partial charge in [-0.15, -0.1) is 0 Å². The molecule has 0 N–H and O–H groups in total. The Morgan fingerprint density at radius 2 is 1.82 bits per heavy atom. The standard InChI is InChI=1S/C11H7F2NO3/c12-6-2-3-7(13)9-8(6)10(16)11(17)14(9)4-1-5-15/h2-3,5H,1,4H2. The highest BCUT2D eigenvalue weighted by atomic mass is 19.1. The van der Waals surface area contributed by atoms with Crippen molar-refractivity contribution in [3.05, 3.63) is 29.3 Å². The molecule has 0 fully saturated rings. The van der Waals surface area contributed by atoms with Crippen molar-refractivity contribution in [2.45, 2.75) is 6.42 Å². The van der Waals surface area contributed by atoms with Crippen molar-refractivity contribution < 1.29 is 23.2 Å². The highest BCUT2D eigenvalue weighted by Gasteiger charge is 2.40. The number of carbonyl (C=O) groups is 3. The summed E-state index contributed by atoms with van der Waals surface area (Å²) in [5.74, 6) is -3.88. The van der Waals surface area contributed by atoms with Crippen LogP contribution in [0.1, 0.15) is 16.8 Å². The van der Waals surface area contributed by atoms with Gasteiger partial charge in [-0.3, -0.25) is 9.59 Å². The zero-order valence-corrected chi connectivity index (χ0v) is 8.57. The molecule has 0 spiro atoms. The molecule has 17 heavy (non-hydrogen) atoms. The summed E-state index contributed by atoms with van der Waals surface area (Å²) in [7, 11) is 0. The number of anilines is 1. The molecule has 0 aliphatic carbocycles. The molecular formula is C11H7F2NO3. The Labute approximate surface area is 94.8 Å². The molecule has 0 bridgehead atoms. The second-order valence-corrected chi connectivity index (χ2v) is 3.49. The summed E-state index contributed by atoms with van der Waals surface area (Å²) >= 11 is 0. The van der Waals surface area contributed by atoms with Crippen LogP contribution in [0, 0.1) is 11.6 Å². The first-order valence-electron chi connectivity index (χ1n) is 4.85. The molecule has 1 aliphatic rings. The van der Waals surface area contributed by atoms with E-state index in [0.29, 0.717) is 6.29 Å². The van der Waals surface area contributed by atoms with Crippen LogP contribution in [0.5, 0.6) is 0 Å². The Kier molecular flexibility index (Phi) is 2.71. The van der Waals surface area contributed by atoms with E-state index in [1.54, 1.807) is 0 Å². The Bertz CT molecular complexity index is 528. The average molecular weight is 239 g/mol. The van der Waals surface area contributed by atoms with Gasteiger partial charge in [-0.05, 0) is 12.1 Å². The largest absolute Gasteiger partial charge is 0.303 e. The molecule has 0 aromatic heterocycles. The molecule has 0 atom stereocenters. The van der Waals surface area contributed by atoms with Gasteiger partial charge in [0.05, 0.1) is 11.3 Å². The third kappa shape index (κ3) is 1.61. The molecule has 88 valence electrons. The summed E-state index contributed by atoms with van der Waals surface area (Å²) in [6.45, 7) is -0.137. The zero-order chi connectivity index (χ0) is 12.6. The van der Waals surface area contributed by atoms with Crippen molar-refractivity contribution in [1.82, 2.24) is 0 Å². The lowest BCUT2D eigenvalue weighted by atomic mass is 10.1. The number of halogens is 2. The molecule has 1 aromatic carbocycles. The number of hydrogen-bond donors (Lipinski definition) is 0. The van der Waals surface area contributed by atoms with E-state index in [4.69, 9.17) is 0 Å². The van der Waals surface area contributed by atoms with Crippen molar-refractivity contribution >= 4 is 23.7 Å². The average Bonchev–Trinajstić information content (AvgIpc) is 2.56. The summed E-state index contributed by atoms with van der Waals surface area (Å²) in [6, 6.07) is 1.64. The van der Waals surface area contributed by atoms with Gasteiger partial charge in [0.2, 0.25) is 0 Å². The van der Waals surface area contributed by atoms with Gasteiger partial charge in [-0.1, -0.05) is 0 Å². The van der Waals surface area contributed by atoms with Gasteiger partial charge in [0.1, 0.15) is 17.9 Å². The summed E-state index contributed by atoms with van der Waals surface area (Å²) in [6.07, 6.45) is 0.487. The molecule has 2 rings (SSSR count). The molecule has 1 aliphatic heterocycles. The van der Waals surface area contributed by atoms with E-state index < -0.39 is 28.9 Å². The number of rotatable bonds is 3. The highest BCUT2D eigenvalue weighted by molar-refractivity contribution is 6.52. The van der Waals surface area contributed by atoms with Gasteiger partial charge in [-0.25, -0.2) is 8.78 Å². The van der Waals surface area contributed by atoms with Crippen LogP contribution in [-0.2, 0) is 9.59 Å². The van der Waals surface area contributed by atoms with Crippen molar-refractivity contribution in [3.63, 3.8) is 0 Å². The Morgan fingerprint density at radius 1 is 1.18 bits per heavy atom. The van der Waals surface area contributed by atoms with Crippen LogP contribution < -0.4 is 4.90 Å². The maximum Gasteiger partial charge on any atom is 0.299 e. The summed E-state index contributed by atoms with van der Waals surface area (Å²) in [5.41, 5.74) is -0.928. The number of ketones is 1. The lowest BCUT2D eigenvalue weighted by Gasteiger charge is -2.15. The van der Waals surface area contributed by atoms with E-state index in [1.807, 2.05) is 0 Å². The first-order chi connectivity index (χ1) is 8.07. The van der Waals surface area contributed by atoms with Gasteiger partial charge in [0, 0.05) is 13.0 Å². The number of amides is 1. The first-order valence-corrected chi connectivity index (χ1v) is 4.85. The lowest BCUT2D eigenvalue weighted by Crippen LogP contribution is -2.31. The molecule has 1 amide bonds. The van der Waals surface area contributed by atoms with Crippen molar-refractivity contribution in [3.8, 4) is 0 Å². The van der Waals surface area contributed by atoms with Crippen molar-refractivity contribution in [2.24, 2.45) is 0 Å². The topological polar surface area (TPSA) is 54.5 Å². The van der Waals surface area contributed by atoms with Gasteiger partial charge >= 0.3 is 0 Å². The minimum atomic E-state index is -1.08. The zero-order valence-electron chi connectivity index (χ0n) is 8.57. The first kappa shape index (κ1) is 11.4. The molecule has 4 nitrogen and oxygen atoms in total. The number of benzene rings is 1. The number of hydrogen-bond acceptors (Lipinski definition) is 3. The molecule has 1 aromatic rings. The molecule has 6 heteroatoms. The number of fused-ring (bicyclic) bond motifs is 1. The van der Waals surface area contributed by atoms with E-state index in [1.165, 1.54) is 0 Å². The van der Waals surface area contributed by atoms with Gasteiger partial charge in [0.15, 0.2) is 0 Å². The van der Waals surface area contributed by atoms with Crippen molar-refractivity contribution in [1.29, 1.82) is 0 Å². The van der Waals surface area contributed by atoms with Crippen LogP contribution in [-0.4, -0.2) is 24.5 Å². The minimum absolute atomic E-state index is 0.0472. The van der Waals surface area contributed by atoms with Gasteiger partial charge < -0.3 is 9.69 Å². The van der Waals surface area contributed by atoms with E-state index in [9.17, 15) is 23.2 Å². The van der Waals surface area contributed by atoms with Crippen LogP contribution in [0.2, 0.25) is 0 Å². The minimum Gasteiger partial charge on any atom is -0.303 e. The summed E-state index contributed by atoms with van der Waals surface area (Å²) in [4.78, 5) is 34.0. The fraction of sp³-hybridized carbons (Fsp3) is 0.182.